The van der Waals surface area contributed by atoms with E-state index in [0.29, 0.717) is 116 Å². The Kier molecular flexibility index (Phi) is 45.1. The lowest BCUT2D eigenvalue weighted by molar-refractivity contribution is -0.137. The van der Waals surface area contributed by atoms with Crippen molar-refractivity contribution in [3.05, 3.63) is 18.2 Å². The monoisotopic (exact) mass is 980 g/mol. The van der Waals surface area contributed by atoms with Crippen LogP contribution in [-0.4, -0.2) is 128 Å². The fourth-order valence-corrected chi connectivity index (χ4v) is 7.45. The second kappa shape index (κ2) is 47.8. The highest BCUT2D eigenvalue weighted by Crippen LogP contribution is 2.20. The Labute approximate surface area is 414 Å². The lowest BCUT2D eigenvalue weighted by Gasteiger charge is -2.17. The van der Waals surface area contributed by atoms with Gasteiger partial charge in [-0.1, -0.05) is 90.4 Å². The number of rotatable bonds is 49. The predicted molar refractivity (Wildman–Crippen MR) is 268 cm³/mol. The molecule has 0 spiro atoms. The summed E-state index contributed by atoms with van der Waals surface area (Å²) < 4.78 is 20.7. The number of ketones is 4. The van der Waals surface area contributed by atoms with Crippen molar-refractivity contribution in [3.63, 3.8) is 0 Å². The summed E-state index contributed by atoms with van der Waals surface area (Å²) >= 11 is 0. The minimum atomic E-state index is -0.679. The quantitative estimate of drug-likeness (QED) is 0.0392. The topological polar surface area (TPSA) is 255 Å². The van der Waals surface area contributed by atoms with Gasteiger partial charge >= 0.3 is 5.97 Å². The Balaban J connectivity index is 0.00000134. The molecule has 6 N–H and O–H groups in total. The fourth-order valence-electron chi connectivity index (χ4n) is 7.45. The van der Waals surface area contributed by atoms with Crippen LogP contribution in [0, 0.1) is 5.92 Å². The molecule has 0 aliphatic rings. The van der Waals surface area contributed by atoms with Crippen LogP contribution in [0.1, 0.15) is 193 Å². The smallest absolute Gasteiger partial charge is 0.303 e. The van der Waals surface area contributed by atoms with Gasteiger partial charge in [-0.15, -0.1) is 0 Å². The third-order valence-corrected chi connectivity index (χ3v) is 11.5. The molecule has 0 aromatic carbocycles. The van der Waals surface area contributed by atoms with Gasteiger partial charge in [0.15, 0.2) is 0 Å². The van der Waals surface area contributed by atoms with Crippen molar-refractivity contribution >= 4 is 40.9 Å². The number of carboxylic acid groups (broad SMARTS) is 1. The molecule has 1 aromatic rings. The van der Waals surface area contributed by atoms with Crippen LogP contribution < -0.4 is 16.4 Å². The number of imidazole rings is 1. The van der Waals surface area contributed by atoms with E-state index in [4.69, 9.17) is 29.8 Å². The first kappa shape index (κ1) is 65.1. The third kappa shape index (κ3) is 45.0. The van der Waals surface area contributed by atoms with Gasteiger partial charge in [0.05, 0.1) is 38.8 Å². The molecule has 0 bridgehead atoms. The number of aliphatic carboxylic acids is 1. The van der Waals surface area contributed by atoms with E-state index in [1.165, 1.54) is 71.1 Å². The number of methoxy groups -OCH3 is 1. The van der Waals surface area contributed by atoms with Crippen molar-refractivity contribution in [3.8, 4) is 0 Å². The molecule has 0 saturated heterocycles. The molecular formula is C52H93N5O12. The molecule has 0 radical (unpaired) electrons. The second-order valence-corrected chi connectivity index (χ2v) is 18.0. The molecule has 69 heavy (non-hydrogen) atoms. The normalized spacial score (nSPS) is 11.9. The third-order valence-electron chi connectivity index (χ3n) is 11.5. The zero-order valence-electron chi connectivity index (χ0n) is 42.9. The Morgan fingerprint density at radius 2 is 1.16 bits per heavy atom. The Bertz CT molecular complexity index is 1460. The average Bonchev–Trinajstić information content (AvgIpc) is 3.84. The Morgan fingerprint density at radius 1 is 0.609 bits per heavy atom. The second-order valence-electron chi connectivity index (χ2n) is 18.0. The van der Waals surface area contributed by atoms with E-state index < -0.39 is 12.0 Å². The number of carboxylic acids is 1. The van der Waals surface area contributed by atoms with Gasteiger partial charge in [0.2, 0.25) is 11.8 Å². The average molecular weight is 980 g/mol. The summed E-state index contributed by atoms with van der Waals surface area (Å²) in [5, 5.41) is 14.1. The summed E-state index contributed by atoms with van der Waals surface area (Å²) in [6.07, 6.45) is 27.5. The van der Waals surface area contributed by atoms with Crippen LogP contribution in [0.4, 0.5) is 0 Å². The van der Waals surface area contributed by atoms with Crippen molar-refractivity contribution < 1.29 is 57.6 Å². The molecule has 2 amide bonds. The van der Waals surface area contributed by atoms with Crippen molar-refractivity contribution in [1.29, 1.82) is 0 Å². The number of amides is 2. The standard InChI is InChI=1S/C28H53NO6.C24H40N4O6/c1-2-21-29-27(31)25-35-24-23-34-22-17-19-26(30)18-15-13-11-9-7-5-3-4-6-8-10-12-14-16-20-28(32)33;1-18(29)6-5-8-22(30)19(7-3-4-11-27-24(32)16-34-13-12-33-2)9-10-23(31)21(25)14-20-15-26-17-28-20/h2-25H2,1H3,(H,29,31)(H,32,33);15,17,19,21H,3-14,16,25H2,1-2H3,(H,26,28)(H,27,32)/t;19-,21+/m.1/s1. The van der Waals surface area contributed by atoms with Crippen molar-refractivity contribution in [1.82, 2.24) is 20.6 Å². The maximum Gasteiger partial charge on any atom is 0.303 e. The van der Waals surface area contributed by atoms with Crippen molar-refractivity contribution in [2.24, 2.45) is 11.7 Å². The van der Waals surface area contributed by atoms with Gasteiger partial charge in [0, 0.05) is 89.6 Å². The van der Waals surface area contributed by atoms with E-state index in [1.807, 2.05) is 6.92 Å². The zero-order valence-corrected chi connectivity index (χ0v) is 42.9. The molecule has 1 aromatic heterocycles. The van der Waals surface area contributed by atoms with E-state index in [-0.39, 0.29) is 54.7 Å². The largest absolute Gasteiger partial charge is 0.481 e. The number of ether oxygens (including phenoxy) is 4. The summed E-state index contributed by atoms with van der Waals surface area (Å²) in [5.74, 6) is -0.841. The number of nitrogens with one attached hydrogen (secondary N) is 3. The number of Topliss-reactive ketones (excluding diaryl/α,β-unsaturated/α-hetero) is 4. The Hall–Kier alpha value is -3.90. The Morgan fingerprint density at radius 3 is 1.71 bits per heavy atom. The van der Waals surface area contributed by atoms with Crippen LogP contribution in [0.15, 0.2) is 12.5 Å². The number of H-pyrrole nitrogens is 1. The van der Waals surface area contributed by atoms with Gasteiger partial charge in [-0.05, 0) is 58.3 Å². The van der Waals surface area contributed by atoms with Gasteiger partial charge in [0.1, 0.15) is 36.3 Å². The summed E-state index contributed by atoms with van der Waals surface area (Å²) in [6.45, 7) is 6.95. The molecule has 0 fully saturated rings. The molecule has 0 unspecified atom stereocenters. The van der Waals surface area contributed by atoms with Crippen molar-refractivity contribution in [2.45, 2.75) is 200 Å². The van der Waals surface area contributed by atoms with Crippen LogP contribution >= 0.6 is 0 Å². The molecule has 398 valence electrons. The predicted octanol–water partition coefficient (Wildman–Crippen LogP) is 7.74. The number of hydrogen-bond acceptors (Lipinski definition) is 13. The van der Waals surface area contributed by atoms with Crippen LogP contribution in [0.2, 0.25) is 0 Å². The van der Waals surface area contributed by atoms with E-state index in [2.05, 4.69) is 20.6 Å². The van der Waals surface area contributed by atoms with Gasteiger partial charge in [-0.25, -0.2) is 4.98 Å². The zero-order chi connectivity index (χ0) is 51.0. The van der Waals surface area contributed by atoms with Crippen molar-refractivity contribution in [2.75, 3.05) is 66.4 Å². The summed E-state index contributed by atoms with van der Waals surface area (Å²) in [7, 11) is 1.57. The van der Waals surface area contributed by atoms with E-state index in [0.717, 1.165) is 50.6 Å². The molecule has 2 atom stereocenters. The molecule has 17 heteroatoms. The summed E-state index contributed by atoms with van der Waals surface area (Å²) in [4.78, 5) is 88.8. The number of aromatic nitrogens is 2. The molecule has 1 rings (SSSR count). The lowest BCUT2D eigenvalue weighted by atomic mass is 9.88. The number of hydrogen-bond donors (Lipinski definition) is 5. The van der Waals surface area contributed by atoms with E-state index >= 15 is 0 Å². The molecule has 17 nitrogen and oxygen atoms in total. The minimum absolute atomic E-state index is 0.0124. The van der Waals surface area contributed by atoms with Crippen LogP contribution in [0.3, 0.4) is 0 Å². The molecule has 0 aliphatic heterocycles. The van der Waals surface area contributed by atoms with Gasteiger partial charge in [0.25, 0.3) is 0 Å². The van der Waals surface area contributed by atoms with Gasteiger partial charge in [-0.3, -0.25) is 28.8 Å². The van der Waals surface area contributed by atoms with E-state index in [9.17, 15) is 33.6 Å². The molecular weight excluding hydrogens is 887 g/mol. The molecule has 0 aliphatic carbocycles. The molecule has 1 heterocycles. The van der Waals surface area contributed by atoms with Crippen LogP contribution in [0.5, 0.6) is 0 Å². The fraction of sp³-hybridized carbons (Fsp3) is 0.808. The number of carbonyl (C=O) groups excluding carboxylic acids is 6. The highest BCUT2D eigenvalue weighted by atomic mass is 16.5. The number of carbonyl (C=O) groups is 7. The maximum atomic E-state index is 12.7. The van der Waals surface area contributed by atoms with Gasteiger partial charge < -0.3 is 50.2 Å². The summed E-state index contributed by atoms with van der Waals surface area (Å²) in [6, 6.07) is -0.643. The van der Waals surface area contributed by atoms with Gasteiger partial charge in [-0.2, -0.15) is 0 Å². The lowest BCUT2D eigenvalue weighted by Crippen LogP contribution is -2.33. The van der Waals surface area contributed by atoms with E-state index in [1.54, 1.807) is 19.6 Å². The molecule has 0 saturated carbocycles. The highest BCUT2D eigenvalue weighted by molar-refractivity contribution is 5.86. The summed E-state index contributed by atoms with van der Waals surface area (Å²) in [5.41, 5.74) is 6.82. The first-order valence-electron chi connectivity index (χ1n) is 26.2. The first-order chi connectivity index (χ1) is 33.4. The highest BCUT2D eigenvalue weighted by Gasteiger charge is 2.22. The number of nitrogens with two attached hydrogens (primary N) is 1. The SMILES string of the molecule is CCCNC(=O)COCCOCCCC(=O)CCCCCCCCCCCCCCCCC(=O)O.COCCOCC(=O)NCCCC[C@H](CCC(=O)[C@@H](N)Cc1cnc[nH]1)C(=O)CCCC(C)=O. The number of unbranched alkanes of at least 4 members (excludes halogenated alkanes) is 14. The minimum Gasteiger partial charge on any atom is -0.481 e. The first-order valence-corrected chi connectivity index (χ1v) is 26.2. The van der Waals surface area contributed by atoms with Crippen LogP contribution in [-0.2, 0) is 58.9 Å². The number of aromatic amines is 1. The number of nitrogens with zero attached hydrogens (tertiary/aromatic N) is 1. The maximum absolute atomic E-state index is 12.7. The van der Waals surface area contributed by atoms with Crippen LogP contribution in [0.25, 0.3) is 0 Å².